The lowest BCUT2D eigenvalue weighted by Crippen LogP contribution is -2.27. The van der Waals surface area contributed by atoms with Crippen molar-refractivity contribution in [3.8, 4) is 0 Å². The molecule has 0 saturated carbocycles. The number of hydrogen-bond acceptors (Lipinski definition) is 2. The molecule has 0 bridgehead atoms. The van der Waals surface area contributed by atoms with Gasteiger partial charge in [0.25, 0.3) is 0 Å². The van der Waals surface area contributed by atoms with Gasteiger partial charge in [-0.3, -0.25) is 9.59 Å². The molecule has 0 atom stereocenters. The van der Waals surface area contributed by atoms with Crippen LogP contribution in [0.3, 0.4) is 0 Å². The van der Waals surface area contributed by atoms with Gasteiger partial charge in [-0.05, 0) is 11.6 Å². The molecule has 4 nitrogen and oxygen atoms in total. The lowest BCUT2D eigenvalue weighted by atomic mass is 10.2. The van der Waals surface area contributed by atoms with Crippen molar-refractivity contribution in [2.24, 2.45) is 0 Å². The Labute approximate surface area is 90.0 Å². The molecule has 78 valence electrons. The molecule has 4 heteroatoms. The number of nitrogens with one attached hydrogen (secondary N) is 1. The maximum Gasteiger partial charge on any atom is 0.322 e. The molecule has 0 aliphatic heterocycles. The van der Waals surface area contributed by atoms with Crippen LogP contribution in [0, 0.1) is 0 Å². The van der Waals surface area contributed by atoms with Crippen LogP contribution in [0.2, 0.25) is 0 Å². The predicted molar refractivity (Wildman–Crippen MR) is 56.1 cm³/mol. The van der Waals surface area contributed by atoms with Crippen LogP contribution in [0.25, 0.3) is 6.08 Å². The van der Waals surface area contributed by atoms with Crippen LogP contribution in [0.4, 0.5) is 0 Å². The Balaban J connectivity index is 2.62. The molecule has 1 amide bonds. The fourth-order valence-electron chi connectivity index (χ4n) is 0.893. The van der Waals surface area contributed by atoms with Gasteiger partial charge < -0.3 is 10.4 Å². The van der Waals surface area contributed by atoms with Gasteiger partial charge in [0.2, 0.25) is 5.91 Å². The number of rotatable bonds is 4. The molecule has 0 fully saturated rings. The third-order valence-electron chi connectivity index (χ3n) is 1.52. The molecule has 0 aliphatic carbocycles. The van der Waals surface area contributed by atoms with Crippen molar-refractivity contribution in [2.75, 3.05) is 6.50 Å². The molecule has 0 heterocycles. The van der Waals surface area contributed by atoms with E-state index in [1.807, 2.05) is 6.07 Å². The summed E-state index contributed by atoms with van der Waals surface area (Å²) in [6.07, 6.45) is 2.55. The van der Waals surface area contributed by atoms with E-state index in [1.165, 1.54) is 6.08 Å². The van der Waals surface area contributed by atoms with E-state index in [4.69, 9.17) is 7.85 Å². The van der Waals surface area contributed by atoms with Crippen LogP contribution in [-0.2, 0) is 9.59 Å². The second kappa shape index (κ2) is 5.59. The molecule has 15 heavy (non-hydrogen) atoms. The fraction of sp³-hybridized carbons (Fsp3) is 0.0909. The zero-order chi connectivity index (χ0) is 12.9. The number of carboxylic acid groups (broad SMARTS) is 1. The minimum Gasteiger partial charge on any atom is -0.480 e. The Bertz CT molecular complexity index is 443. The van der Waals surface area contributed by atoms with E-state index in [1.54, 1.807) is 29.6 Å². The Hall–Kier alpha value is -2.10. The summed E-state index contributed by atoms with van der Waals surface area (Å²) < 4.78 is 14.0. The maximum absolute atomic E-state index is 11.2. The second-order valence-electron chi connectivity index (χ2n) is 2.66. The van der Waals surface area contributed by atoms with Gasteiger partial charge in [-0.15, -0.1) is 0 Å². The number of amides is 1. The molecule has 0 radical (unpaired) electrons. The standard InChI is InChI=1S/C11H11NO3/c13-10(12-8-11(14)15)7-6-9-4-2-1-3-5-9/h1-7H,8H2,(H,12,13)(H,14,15)/i8D2. The summed E-state index contributed by atoms with van der Waals surface area (Å²) in [5, 5.41) is 10.2. The Morgan fingerprint density at radius 3 is 2.67 bits per heavy atom. The van der Waals surface area contributed by atoms with Crippen LogP contribution >= 0.6 is 0 Å². The van der Waals surface area contributed by atoms with Crippen LogP contribution in [0.1, 0.15) is 8.30 Å². The summed E-state index contributed by atoms with van der Waals surface area (Å²) in [4.78, 5) is 21.7. The van der Waals surface area contributed by atoms with Crippen molar-refractivity contribution < 1.29 is 17.4 Å². The summed E-state index contributed by atoms with van der Waals surface area (Å²) >= 11 is 0. The largest absolute Gasteiger partial charge is 0.480 e. The monoisotopic (exact) mass is 207 g/mol. The second-order valence-corrected chi connectivity index (χ2v) is 2.66. The van der Waals surface area contributed by atoms with Gasteiger partial charge in [0.15, 0.2) is 0 Å². The molecule has 0 aromatic heterocycles. The van der Waals surface area contributed by atoms with Crippen molar-refractivity contribution in [1.82, 2.24) is 5.32 Å². The van der Waals surface area contributed by atoms with E-state index in [0.717, 1.165) is 11.6 Å². The quantitative estimate of drug-likeness (QED) is 0.721. The molecular formula is C11H11NO3. The van der Waals surface area contributed by atoms with E-state index in [9.17, 15) is 9.59 Å². The van der Waals surface area contributed by atoms with Gasteiger partial charge in [0.05, 0.1) is 2.74 Å². The first-order chi connectivity index (χ1) is 7.92. The van der Waals surface area contributed by atoms with Crippen molar-refractivity contribution in [2.45, 2.75) is 0 Å². The van der Waals surface area contributed by atoms with Crippen molar-refractivity contribution in [3.63, 3.8) is 0 Å². The van der Waals surface area contributed by atoms with Gasteiger partial charge in [-0.25, -0.2) is 0 Å². The van der Waals surface area contributed by atoms with E-state index >= 15 is 0 Å². The first-order valence-corrected chi connectivity index (χ1v) is 4.20. The Morgan fingerprint density at radius 2 is 2.07 bits per heavy atom. The van der Waals surface area contributed by atoms with Crippen LogP contribution < -0.4 is 5.32 Å². The number of carboxylic acids is 1. The fourth-order valence-corrected chi connectivity index (χ4v) is 0.893. The zero-order valence-electron chi connectivity index (χ0n) is 9.81. The molecule has 1 aromatic carbocycles. The van der Waals surface area contributed by atoms with Crippen molar-refractivity contribution in [1.29, 1.82) is 0 Å². The average Bonchev–Trinajstić information content (AvgIpc) is 2.27. The summed E-state index contributed by atoms with van der Waals surface area (Å²) in [5.41, 5.74) is 0.763. The summed E-state index contributed by atoms with van der Waals surface area (Å²) in [6.45, 7) is -2.77. The third kappa shape index (κ3) is 4.61. The minimum atomic E-state index is -2.77. The smallest absolute Gasteiger partial charge is 0.322 e. The third-order valence-corrected chi connectivity index (χ3v) is 1.52. The molecule has 1 rings (SSSR count). The lowest BCUT2D eigenvalue weighted by molar-refractivity contribution is -0.137. The van der Waals surface area contributed by atoms with E-state index in [-0.39, 0.29) is 0 Å². The summed E-state index contributed by atoms with van der Waals surface area (Å²) in [7, 11) is 0. The van der Waals surface area contributed by atoms with Gasteiger partial charge in [0.1, 0.15) is 6.50 Å². The number of carbonyl (C=O) groups excluding carboxylic acids is 1. The van der Waals surface area contributed by atoms with Crippen LogP contribution in [0.5, 0.6) is 0 Å². The molecule has 2 N–H and O–H groups in total. The van der Waals surface area contributed by atoms with Crippen LogP contribution in [0.15, 0.2) is 36.4 Å². The lowest BCUT2D eigenvalue weighted by Gasteiger charge is -1.96. The minimum absolute atomic E-state index is 0.763. The maximum atomic E-state index is 11.2. The highest BCUT2D eigenvalue weighted by Crippen LogP contribution is 2.00. The zero-order valence-corrected chi connectivity index (χ0v) is 7.81. The van der Waals surface area contributed by atoms with Crippen molar-refractivity contribution in [3.05, 3.63) is 42.0 Å². The Morgan fingerprint density at radius 1 is 1.40 bits per heavy atom. The highest BCUT2D eigenvalue weighted by Gasteiger charge is 1.98. The molecule has 0 unspecified atom stereocenters. The number of hydrogen-bond donors (Lipinski definition) is 2. The summed E-state index contributed by atoms with van der Waals surface area (Å²) in [5.74, 6) is -2.54. The molecule has 1 aromatic rings. The van der Waals surface area contributed by atoms with E-state index in [2.05, 4.69) is 0 Å². The van der Waals surface area contributed by atoms with Crippen molar-refractivity contribution >= 4 is 18.0 Å². The number of carbonyl (C=O) groups is 2. The molecule has 0 spiro atoms. The topological polar surface area (TPSA) is 66.4 Å². The summed E-state index contributed by atoms with van der Waals surface area (Å²) in [6, 6.07) is 8.91. The van der Waals surface area contributed by atoms with Gasteiger partial charge in [-0.2, -0.15) is 0 Å². The Kier molecular flexibility index (Phi) is 3.07. The first-order valence-electron chi connectivity index (χ1n) is 5.20. The highest BCUT2D eigenvalue weighted by atomic mass is 16.4. The SMILES string of the molecule is [2H]C([2H])(NC(=O)C=Cc1ccccc1)C(=O)O. The van der Waals surface area contributed by atoms with E-state index < -0.39 is 18.4 Å². The number of benzene rings is 1. The van der Waals surface area contributed by atoms with E-state index in [0.29, 0.717) is 0 Å². The number of aliphatic carboxylic acids is 1. The van der Waals surface area contributed by atoms with Crippen LogP contribution in [-0.4, -0.2) is 23.5 Å². The van der Waals surface area contributed by atoms with Gasteiger partial charge in [-0.1, -0.05) is 30.3 Å². The predicted octanol–water partition coefficient (Wildman–Crippen LogP) is 0.901. The first kappa shape index (κ1) is 8.23. The van der Waals surface area contributed by atoms with Gasteiger partial charge >= 0.3 is 5.97 Å². The average molecular weight is 207 g/mol. The molecule has 0 saturated heterocycles. The normalized spacial score (nSPS) is 13.1. The molecule has 0 aliphatic rings. The highest BCUT2D eigenvalue weighted by molar-refractivity contribution is 5.93. The van der Waals surface area contributed by atoms with Gasteiger partial charge in [0, 0.05) is 6.08 Å². The molecular weight excluding hydrogens is 194 g/mol.